The van der Waals surface area contributed by atoms with Gasteiger partial charge in [0.1, 0.15) is 5.69 Å². The van der Waals surface area contributed by atoms with Crippen LogP contribution in [-0.4, -0.2) is 27.3 Å². The molecule has 0 bridgehead atoms. The van der Waals surface area contributed by atoms with Gasteiger partial charge in [0.25, 0.3) is 0 Å². The predicted octanol–water partition coefficient (Wildman–Crippen LogP) is 0.786. The zero-order chi connectivity index (χ0) is 12.3. The van der Waals surface area contributed by atoms with Crippen molar-refractivity contribution in [3.63, 3.8) is 0 Å². The van der Waals surface area contributed by atoms with Crippen molar-refractivity contribution in [3.8, 4) is 0 Å². The van der Waals surface area contributed by atoms with Crippen LogP contribution in [0.15, 0.2) is 0 Å². The number of anilines is 1. The van der Waals surface area contributed by atoms with Crippen molar-refractivity contribution in [2.45, 2.75) is 26.3 Å². The minimum absolute atomic E-state index is 0.0218. The van der Waals surface area contributed by atoms with Gasteiger partial charge in [-0.3, -0.25) is 10.1 Å². The minimum Gasteiger partial charge on any atom is -0.361 e. The summed E-state index contributed by atoms with van der Waals surface area (Å²) in [5, 5.41) is 18.0. The molecule has 0 aliphatic carbocycles. The lowest BCUT2D eigenvalue weighted by Crippen LogP contribution is -2.29. The Hall–Kier alpha value is -1.63. The Morgan fingerprint density at radius 3 is 2.75 bits per heavy atom. The van der Waals surface area contributed by atoms with Crippen LogP contribution in [0, 0.1) is 17.0 Å². The van der Waals surface area contributed by atoms with Crippen LogP contribution in [0.3, 0.4) is 0 Å². The SMILES string of the molecule is CCC(CN)Nc1c([N+](=O)[O-])c(C)nn1C. The molecule has 0 saturated carbocycles. The van der Waals surface area contributed by atoms with Gasteiger partial charge in [0.2, 0.25) is 5.82 Å². The standard InChI is InChI=1S/C9H17N5O2/c1-4-7(5-10)11-9-8(14(15)16)6(2)12-13(9)3/h7,11H,4-5,10H2,1-3H3. The molecule has 0 saturated heterocycles. The highest BCUT2D eigenvalue weighted by Crippen LogP contribution is 2.27. The van der Waals surface area contributed by atoms with E-state index in [1.807, 2.05) is 6.92 Å². The lowest BCUT2D eigenvalue weighted by atomic mass is 10.2. The lowest BCUT2D eigenvalue weighted by Gasteiger charge is -2.15. The molecule has 0 aromatic carbocycles. The first-order valence-corrected chi connectivity index (χ1v) is 5.15. The molecule has 0 spiro atoms. The molecule has 1 unspecified atom stereocenters. The third kappa shape index (κ3) is 2.30. The molecule has 1 rings (SSSR count). The average molecular weight is 227 g/mol. The van der Waals surface area contributed by atoms with E-state index in [0.717, 1.165) is 6.42 Å². The summed E-state index contributed by atoms with van der Waals surface area (Å²) in [6.07, 6.45) is 0.803. The second-order valence-electron chi connectivity index (χ2n) is 3.65. The maximum Gasteiger partial charge on any atom is 0.333 e. The van der Waals surface area contributed by atoms with Gasteiger partial charge in [-0.15, -0.1) is 0 Å². The highest BCUT2D eigenvalue weighted by atomic mass is 16.6. The van der Waals surface area contributed by atoms with Gasteiger partial charge in [-0.05, 0) is 13.3 Å². The van der Waals surface area contributed by atoms with Gasteiger partial charge in [0.05, 0.1) is 4.92 Å². The van der Waals surface area contributed by atoms with Crippen LogP contribution in [-0.2, 0) is 7.05 Å². The van der Waals surface area contributed by atoms with Crippen LogP contribution < -0.4 is 11.1 Å². The van der Waals surface area contributed by atoms with E-state index in [9.17, 15) is 10.1 Å². The second kappa shape index (κ2) is 4.93. The molecule has 0 aliphatic rings. The third-order valence-electron chi connectivity index (χ3n) is 2.49. The summed E-state index contributed by atoms with van der Waals surface area (Å²) in [4.78, 5) is 10.5. The Morgan fingerprint density at radius 2 is 2.31 bits per heavy atom. The lowest BCUT2D eigenvalue weighted by molar-refractivity contribution is -0.384. The number of nitrogens with two attached hydrogens (primary N) is 1. The maximum atomic E-state index is 10.9. The molecule has 7 nitrogen and oxygen atoms in total. The largest absolute Gasteiger partial charge is 0.361 e. The molecular weight excluding hydrogens is 210 g/mol. The number of rotatable bonds is 5. The van der Waals surface area contributed by atoms with Crippen molar-refractivity contribution in [2.24, 2.45) is 12.8 Å². The van der Waals surface area contributed by atoms with E-state index in [2.05, 4.69) is 10.4 Å². The quantitative estimate of drug-likeness (QED) is 0.572. The van der Waals surface area contributed by atoms with Gasteiger partial charge in [-0.2, -0.15) is 5.10 Å². The first kappa shape index (κ1) is 12.4. The number of nitro groups is 1. The Balaban J connectivity index is 3.07. The van der Waals surface area contributed by atoms with Gasteiger partial charge < -0.3 is 11.1 Å². The van der Waals surface area contributed by atoms with Gasteiger partial charge in [0, 0.05) is 19.6 Å². The Bertz CT molecular complexity index is 383. The number of aromatic nitrogens is 2. The van der Waals surface area contributed by atoms with Crippen LogP contribution in [0.25, 0.3) is 0 Å². The fourth-order valence-corrected chi connectivity index (χ4v) is 1.55. The summed E-state index contributed by atoms with van der Waals surface area (Å²) in [5.74, 6) is 0.416. The first-order valence-electron chi connectivity index (χ1n) is 5.15. The van der Waals surface area contributed by atoms with Crippen LogP contribution in [0.4, 0.5) is 11.5 Å². The maximum absolute atomic E-state index is 10.9. The Labute approximate surface area is 93.8 Å². The molecule has 0 radical (unpaired) electrons. The van der Waals surface area contributed by atoms with E-state index in [1.54, 1.807) is 14.0 Å². The van der Waals surface area contributed by atoms with Crippen molar-refractivity contribution in [2.75, 3.05) is 11.9 Å². The van der Waals surface area contributed by atoms with Gasteiger partial charge in [-0.25, -0.2) is 4.68 Å². The molecule has 7 heteroatoms. The number of hydrogen-bond acceptors (Lipinski definition) is 5. The van der Waals surface area contributed by atoms with E-state index in [1.165, 1.54) is 4.68 Å². The number of aryl methyl sites for hydroxylation is 2. The summed E-state index contributed by atoms with van der Waals surface area (Å²) in [5.41, 5.74) is 5.98. The fourth-order valence-electron chi connectivity index (χ4n) is 1.55. The average Bonchev–Trinajstić information content (AvgIpc) is 2.49. The number of nitrogens with one attached hydrogen (secondary N) is 1. The molecular formula is C9H17N5O2. The Kier molecular flexibility index (Phi) is 3.83. The third-order valence-corrected chi connectivity index (χ3v) is 2.49. The minimum atomic E-state index is -0.423. The van der Waals surface area contributed by atoms with Crippen LogP contribution in [0.1, 0.15) is 19.0 Å². The highest BCUT2D eigenvalue weighted by molar-refractivity contribution is 5.59. The van der Waals surface area contributed by atoms with Crippen LogP contribution >= 0.6 is 0 Å². The fraction of sp³-hybridized carbons (Fsp3) is 0.667. The van der Waals surface area contributed by atoms with Crippen LogP contribution in [0.2, 0.25) is 0 Å². The molecule has 0 amide bonds. The summed E-state index contributed by atoms with van der Waals surface area (Å²) < 4.78 is 1.48. The molecule has 1 aromatic heterocycles. The van der Waals surface area contributed by atoms with Gasteiger partial charge >= 0.3 is 5.69 Å². The molecule has 1 heterocycles. The molecule has 16 heavy (non-hydrogen) atoms. The van der Waals surface area contributed by atoms with E-state index in [4.69, 9.17) is 5.73 Å². The summed E-state index contributed by atoms with van der Waals surface area (Å²) in [6.45, 7) is 4.02. The van der Waals surface area contributed by atoms with Crippen molar-refractivity contribution >= 4 is 11.5 Å². The first-order chi connectivity index (χ1) is 7.51. The molecule has 90 valence electrons. The molecule has 1 aromatic rings. The summed E-state index contributed by atoms with van der Waals surface area (Å²) >= 11 is 0. The molecule has 0 aliphatic heterocycles. The molecule has 1 atom stereocenters. The van der Waals surface area contributed by atoms with Gasteiger partial charge in [-0.1, -0.05) is 6.92 Å². The van der Waals surface area contributed by atoms with Crippen molar-refractivity contribution < 1.29 is 4.92 Å². The smallest absolute Gasteiger partial charge is 0.333 e. The molecule has 0 fully saturated rings. The van der Waals surface area contributed by atoms with E-state index in [-0.39, 0.29) is 11.7 Å². The molecule has 3 N–H and O–H groups in total. The monoisotopic (exact) mass is 227 g/mol. The van der Waals surface area contributed by atoms with Crippen LogP contribution in [0.5, 0.6) is 0 Å². The Morgan fingerprint density at radius 1 is 1.69 bits per heavy atom. The van der Waals surface area contributed by atoms with Crippen molar-refractivity contribution in [1.29, 1.82) is 0 Å². The summed E-state index contributed by atoms with van der Waals surface area (Å²) in [7, 11) is 1.67. The zero-order valence-corrected chi connectivity index (χ0v) is 9.73. The predicted molar refractivity (Wildman–Crippen MR) is 61.4 cm³/mol. The normalized spacial score (nSPS) is 12.5. The van der Waals surface area contributed by atoms with E-state index < -0.39 is 4.92 Å². The van der Waals surface area contributed by atoms with Crippen molar-refractivity contribution in [3.05, 3.63) is 15.8 Å². The van der Waals surface area contributed by atoms with Gasteiger partial charge in [0.15, 0.2) is 0 Å². The highest BCUT2D eigenvalue weighted by Gasteiger charge is 2.24. The van der Waals surface area contributed by atoms with E-state index in [0.29, 0.717) is 18.1 Å². The zero-order valence-electron chi connectivity index (χ0n) is 9.73. The number of nitrogens with zero attached hydrogens (tertiary/aromatic N) is 3. The summed E-state index contributed by atoms with van der Waals surface area (Å²) in [6, 6.07) is 0.0218. The topological polar surface area (TPSA) is 99.0 Å². The second-order valence-corrected chi connectivity index (χ2v) is 3.65. The van der Waals surface area contributed by atoms with Crippen molar-refractivity contribution in [1.82, 2.24) is 9.78 Å². The van der Waals surface area contributed by atoms with E-state index >= 15 is 0 Å². The number of hydrogen-bond donors (Lipinski definition) is 2.